The van der Waals surface area contributed by atoms with E-state index >= 15 is 0 Å². The number of hydrogen-bond acceptors (Lipinski definition) is 2. The highest BCUT2D eigenvalue weighted by Gasteiger charge is 2.44. The summed E-state index contributed by atoms with van der Waals surface area (Å²) in [4.78, 5) is 11.6. The van der Waals surface area contributed by atoms with Crippen molar-refractivity contribution >= 4 is 5.78 Å². The van der Waals surface area contributed by atoms with Crippen molar-refractivity contribution in [1.29, 1.82) is 0 Å². The topological polar surface area (TPSA) is 26.3 Å². The number of carbonyl (C=O) groups excluding carboxylic acids is 1. The SMILES string of the molecule is C[C@]12C=CC(=O)C[C@H]1/C(=C\C#Cc1ccccc1)CO2. The average molecular weight is 264 g/mol. The van der Waals surface area contributed by atoms with E-state index in [9.17, 15) is 4.79 Å². The van der Waals surface area contributed by atoms with E-state index in [1.165, 1.54) is 0 Å². The zero-order chi connectivity index (χ0) is 14.0. The fourth-order valence-corrected chi connectivity index (χ4v) is 2.71. The summed E-state index contributed by atoms with van der Waals surface area (Å²) < 4.78 is 5.83. The molecule has 0 N–H and O–H groups in total. The van der Waals surface area contributed by atoms with Crippen LogP contribution in [0.4, 0.5) is 0 Å². The lowest BCUT2D eigenvalue weighted by molar-refractivity contribution is -0.117. The van der Waals surface area contributed by atoms with Gasteiger partial charge in [-0.15, -0.1) is 0 Å². The van der Waals surface area contributed by atoms with Gasteiger partial charge in [-0.1, -0.05) is 30.0 Å². The van der Waals surface area contributed by atoms with E-state index < -0.39 is 0 Å². The molecule has 100 valence electrons. The second kappa shape index (κ2) is 5.11. The second-order valence-corrected chi connectivity index (χ2v) is 5.38. The van der Waals surface area contributed by atoms with E-state index in [-0.39, 0.29) is 17.3 Å². The number of benzene rings is 1. The van der Waals surface area contributed by atoms with E-state index in [0.717, 1.165) is 11.1 Å². The lowest BCUT2D eigenvalue weighted by atomic mass is 9.78. The largest absolute Gasteiger partial charge is 0.366 e. The molecule has 0 spiro atoms. The Kier molecular flexibility index (Phi) is 3.30. The number of ketones is 1. The third-order valence-electron chi connectivity index (χ3n) is 3.94. The number of hydrogen-bond donors (Lipinski definition) is 0. The third kappa shape index (κ3) is 2.45. The molecule has 0 unspecified atom stereocenters. The third-order valence-corrected chi connectivity index (χ3v) is 3.94. The van der Waals surface area contributed by atoms with Crippen molar-refractivity contribution in [1.82, 2.24) is 0 Å². The van der Waals surface area contributed by atoms with Crippen LogP contribution >= 0.6 is 0 Å². The van der Waals surface area contributed by atoms with Crippen molar-refractivity contribution in [3.8, 4) is 11.8 Å². The summed E-state index contributed by atoms with van der Waals surface area (Å²) >= 11 is 0. The van der Waals surface area contributed by atoms with E-state index in [2.05, 4.69) is 11.8 Å². The first kappa shape index (κ1) is 12.9. The lowest BCUT2D eigenvalue weighted by Crippen LogP contribution is -2.34. The van der Waals surface area contributed by atoms with Crippen LogP contribution in [0.25, 0.3) is 0 Å². The molecule has 1 saturated heterocycles. The Labute approximate surface area is 119 Å². The van der Waals surface area contributed by atoms with Crippen LogP contribution in [0.1, 0.15) is 18.9 Å². The Morgan fingerprint density at radius 3 is 2.95 bits per heavy atom. The molecule has 1 heterocycles. The number of allylic oxidation sites excluding steroid dienone is 2. The maximum Gasteiger partial charge on any atom is 0.156 e. The molecule has 1 aromatic rings. The summed E-state index contributed by atoms with van der Waals surface area (Å²) in [6.07, 6.45) is 5.95. The molecule has 1 aromatic carbocycles. The van der Waals surface area contributed by atoms with E-state index in [0.29, 0.717) is 13.0 Å². The standard InChI is InChI=1S/C18H16O2/c1-18-11-10-16(19)12-17(18)15(13-20-18)9-5-8-14-6-3-2-4-7-14/h2-4,6-7,9-11,17H,12-13H2,1H3/b15-9-/t17-,18-/m0/s1. The average Bonchev–Trinajstić information content (AvgIpc) is 2.78. The van der Waals surface area contributed by atoms with Crippen LogP contribution < -0.4 is 0 Å². The van der Waals surface area contributed by atoms with Gasteiger partial charge in [0, 0.05) is 17.9 Å². The highest BCUT2D eigenvalue weighted by molar-refractivity contribution is 5.91. The molecule has 0 radical (unpaired) electrons. The minimum absolute atomic E-state index is 0.130. The molecule has 2 aliphatic rings. The molecule has 0 saturated carbocycles. The molecular weight excluding hydrogens is 248 g/mol. The molecule has 0 amide bonds. The van der Waals surface area contributed by atoms with Gasteiger partial charge in [-0.05, 0) is 42.9 Å². The Morgan fingerprint density at radius 1 is 1.35 bits per heavy atom. The van der Waals surface area contributed by atoms with Gasteiger partial charge >= 0.3 is 0 Å². The molecule has 20 heavy (non-hydrogen) atoms. The first-order valence-electron chi connectivity index (χ1n) is 6.79. The van der Waals surface area contributed by atoms with Crippen molar-refractivity contribution < 1.29 is 9.53 Å². The van der Waals surface area contributed by atoms with Crippen LogP contribution in [-0.2, 0) is 9.53 Å². The maximum atomic E-state index is 11.6. The van der Waals surface area contributed by atoms with Crippen LogP contribution in [0.3, 0.4) is 0 Å². The van der Waals surface area contributed by atoms with Gasteiger partial charge in [0.2, 0.25) is 0 Å². The van der Waals surface area contributed by atoms with Gasteiger partial charge in [0.05, 0.1) is 12.2 Å². The highest BCUT2D eigenvalue weighted by Crippen LogP contribution is 2.41. The molecule has 1 fully saturated rings. The Hall–Kier alpha value is -2.11. The summed E-state index contributed by atoms with van der Waals surface area (Å²) in [5, 5.41) is 0. The monoisotopic (exact) mass is 264 g/mol. The number of ether oxygens (including phenoxy) is 1. The quantitative estimate of drug-likeness (QED) is 0.673. The smallest absolute Gasteiger partial charge is 0.156 e. The van der Waals surface area contributed by atoms with Gasteiger partial charge in [-0.2, -0.15) is 0 Å². The van der Waals surface area contributed by atoms with Gasteiger partial charge in [-0.3, -0.25) is 4.79 Å². The summed E-state index contributed by atoms with van der Waals surface area (Å²) in [7, 11) is 0. The molecule has 1 aliphatic heterocycles. The van der Waals surface area contributed by atoms with Gasteiger partial charge < -0.3 is 4.74 Å². The van der Waals surface area contributed by atoms with Crippen molar-refractivity contribution in [3.05, 3.63) is 59.7 Å². The van der Waals surface area contributed by atoms with E-state index in [4.69, 9.17) is 4.74 Å². The van der Waals surface area contributed by atoms with E-state index in [1.807, 2.05) is 49.4 Å². The van der Waals surface area contributed by atoms with Crippen LogP contribution in [0, 0.1) is 17.8 Å². The molecular formula is C18H16O2. The first-order chi connectivity index (χ1) is 9.67. The van der Waals surface area contributed by atoms with Crippen molar-refractivity contribution in [3.63, 3.8) is 0 Å². The molecule has 0 bridgehead atoms. The maximum absolute atomic E-state index is 11.6. The van der Waals surface area contributed by atoms with Crippen molar-refractivity contribution in [2.75, 3.05) is 6.61 Å². The Morgan fingerprint density at radius 2 is 2.15 bits per heavy atom. The van der Waals surface area contributed by atoms with Crippen molar-refractivity contribution in [2.45, 2.75) is 18.9 Å². The van der Waals surface area contributed by atoms with E-state index in [1.54, 1.807) is 6.08 Å². The van der Waals surface area contributed by atoms with Gasteiger partial charge in [-0.25, -0.2) is 0 Å². The van der Waals surface area contributed by atoms with Gasteiger partial charge in [0.15, 0.2) is 5.78 Å². The van der Waals surface area contributed by atoms with Crippen LogP contribution in [0.15, 0.2) is 54.1 Å². The minimum atomic E-state index is -0.339. The second-order valence-electron chi connectivity index (χ2n) is 5.38. The highest BCUT2D eigenvalue weighted by atomic mass is 16.5. The fraction of sp³-hybridized carbons (Fsp3) is 0.278. The molecule has 2 atom stereocenters. The number of carbonyl (C=O) groups is 1. The zero-order valence-electron chi connectivity index (χ0n) is 11.4. The Bertz CT molecular complexity index is 643. The molecule has 3 rings (SSSR count). The zero-order valence-corrected chi connectivity index (χ0v) is 11.4. The molecule has 0 aromatic heterocycles. The predicted octanol–water partition coefficient (Wildman–Crippen LogP) is 2.90. The minimum Gasteiger partial charge on any atom is -0.366 e. The number of fused-ring (bicyclic) bond motifs is 1. The van der Waals surface area contributed by atoms with Crippen LogP contribution in [0.5, 0.6) is 0 Å². The lowest BCUT2D eigenvalue weighted by Gasteiger charge is -2.29. The normalized spacial score (nSPS) is 29.9. The first-order valence-corrected chi connectivity index (χ1v) is 6.79. The van der Waals surface area contributed by atoms with Gasteiger partial charge in [0.25, 0.3) is 0 Å². The summed E-state index contributed by atoms with van der Waals surface area (Å²) in [6, 6.07) is 9.87. The Balaban J connectivity index is 1.82. The van der Waals surface area contributed by atoms with Crippen molar-refractivity contribution in [2.24, 2.45) is 5.92 Å². The summed E-state index contributed by atoms with van der Waals surface area (Å²) in [6.45, 7) is 2.59. The fourth-order valence-electron chi connectivity index (χ4n) is 2.71. The molecule has 1 aliphatic carbocycles. The van der Waals surface area contributed by atoms with Crippen LogP contribution in [0.2, 0.25) is 0 Å². The summed E-state index contributed by atoms with van der Waals surface area (Å²) in [5.74, 6) is 6.48. The molecule has 2 nitrogen and oxygen atoms in total. The molecule has 2 heteroatoms. The number of rotatable bonds is 0. The van der Waals surface area contributed by atoms with Crippen LogP contribution in [-0.4, -0.2) is 18.0 Å². The predicted molar refractivity (Wildman–Crippen MR) is 78.0 cm³/mol. The van der Waals surface area contributed by atoms with Gasteiger partial charge in [0.1, 0.15) is 0 Å². The summed E-state index contributed by atoms with van der Waals surface area (Å²) in [5.41, 5.74) is 1.77.